The predicted molar refractivity (Wildman–Crippen MR) is 97.5 cm³/mol. The summed E-state index contributed by atoms with van der Waals surface area (Å²) in [6.07, 6.45) is 3.62. The monoisotopic (exact) mass is 360 g/mol. The van der Waals surface area contributed by atoms with Crippen molar-refractivity contribution < 1.29 is 19.0 Å². The van der Waals surface area contributed by atoms with Crippen LogP contribution in [0.2, 0.25) is 0 Å². The second kappa shape index (κ2) is 7.45. The Balaban J connectivity index is 1.49. The highest BCUT2D eigenvalue weighted by atomic mass is 16.7. The molecule has 6 heteroatoms. The van der Waals surface area contributed by atoms with Gasteiger partial charge >= 0.3 is 0 Å². The first-order chi connectivity index (χ1) is 12.7. The highest BCUT2D eigenvalue weighted by Gasteiger charge is 2.37. The Morgan fingerprint density at radius 1 is 1.27 bits per heavy atom. The SMILES string of the molecule is C[C@H]1C[C@@H](C(=O)NCC2(c3ccc4c(c3)OCO4)CCOCC2)CCN1. The number of nitrogens with one attached hydrogen (secondary N) is 2. The molecule has 3 aliphatic rings. The van der Waals surface area contributed by atoms with E-state index in [0.717, 1.165) is 43.7 Å². The molecule has 0 saturated carbocycles. The molecule has 2 saturated heterocycles. The van der Waals surface area contributed by atoms with E-state index in [0.29, 0.717) is 25.8 Å². The van der Waals surface area contributed by atoms with Crippen molar-refractivity contribution in [3.05, 3.63) is 23.8 Å². The van der Waals surface area contributed by atoms with Crippen molar-refractivity contribution in [1.29, 1.82) is 0 Å². The largest absolute Gasteiger partial charge is 0.454 e. The molecule has 0 aromatic heterocycles. The minimum atomic E-state index is -0.104. The zero-order valence-corrected chi connectivity index (χ0v) is 15.4. The summed E-state index contributed by atoms with van der Waals surface area (Å²) in [6, 6.07) is 6.57. The molecule has 6 nitrogen and oxygen atoms in total. The van der Waals surface area contributed by atoms with Crippen molar-refractivity contribution >= 4 is 5.91 Å². The molecule has 142 valence electrons. The standard InChI is InChI=1S/C20H28N2O4/c1-14-10-15(4-7-21-14)19(23)22-12-20(5-8-24-9-6-20)16-2-3-17-18(11-16)26-13-25-17/h2-3,11,14-15,21H,4-10,12-13H2,1H3,(H,22,23)/t14-,15-/m0/s1. The van der Waals surface area contributed by atoms with E-state index in [2.05, 4.69) is 29.7 Å². The van der Waals surface area contributed by atoms with E-state index < -0.39 is 0 Å². The summed E-state index contributed by atoms with van der Waals surface area (Å²) in [7, 11) is 0. The summed E-state index contributed by atoms with van der Waals surface area (Å²) in [5.74, 6) is 1.89. The van der Waals surface area contributed by atoms with Crippen LogP contribution in [0.3, 0.4) is 0 Å². The van der Waals surface area contributed by atoms with E-state index in [1.807, 2.05) is 6.07 Å². The molecule has 3 aliphatic heterocycles. The molecule has 2 N–H and O–H groups in total. The number of piperidine rings is 1. The topological polar surface area (TPSA) is 68.8 Å². The fraction of sp³-hybridized carbons (Fsp3) is 0.650. The zero-order valence-electron chi connectivity index (χ0n) is 15.4. The van der Waals surface area contributed by atoms with Gasteiger partial charge in [-0.2, -0.15) is 0 Å². The number of hydrogen-bond donors (Lipinski definition) is 2. The Bertz CT molecular complexity index is 657. The van der Waals surface area contributed by atoms with Gasteiger partial charge in [-0.05, 0) is 56.8 Å². The van der Waals surface area contributed by atoms with Crippen LogP contribution in [0, 0.1) is 5.92 Å². The van der Waals surface area contributed by atoms with Crippen molar-refractivity contribution in [1.82, 2.24) is 10.6 Å². The molecule has 2 fully saturated rings. The number of fused-ring (bicyclic) bond motifs is 1. The lowest BCUT2D eigenvalue weighted by molar-refractivity contribution is -0.126. The third-order valence-electron chi connectivity index (χ3n) is 6.03. The van der Waals surface area contributed by atoms with Crippen LogP contribution in [0.5, 0.6) is 11.5 Å². The molecule has 0 unspecified atom stereocenters. The molecule has 0 aliphatic carbocycles. The van der Waals surface area contributed by atoms with Crippen LogP contribution in [0.15, 0.2) is 18.2 Å². The van der Waals surface area contributed by atoms with E-state index in [1.54, 1.807) is 0 Å². The van der Waals surface area contributed by atoms with Crippen molar-refractivity contribution in [2.24, 2.45) is 5.92 Å². The Morgan fingerprint density at radius 2 is 2.08 bits per heavy atom. The first kappa shape index (κ1) is 17.6. The van der Waals surface area contributed by atoms with Crippen LogP contribution in [-0.2, 0) is 14.9 Å². The highest BCUT2D eigenvalue weighted by molar-refractivity contribution is 5.79. The van der Waals surface area contributed by atoms with E-state index >= 15 is 0 Å². The summed E-state index contributed by atoms with van der Waals surface area (Å²) in [5.41, 5.74) is 1.09. The van der Waals surface area contributed by atoms with E-state index in [4.69, 9.17) is 14.2 Å². The van der Waals surface area contributed by atoms with Crippen molar-refractivity contribution in [2.75, 3.05) is 33.1 Å². The molecule has 4 rings (SSSR count). The van der Waals surface area contributed by atoms with Gasteiger partial charge in [0.15, 0.2) is 11.5 Å². The Hall–Kier alpha value is -1.79. The smallest absolute Gasteiger partial charge is 0.231 e. The van der Waals surface area contributed by atoms with Crippen LogP contribution in [-0.4, -0.2) is 45.0 Å². The molecule has 0 spiro atoms. The van der Waals surface area contributed by atoms with Crippen molar-refractivity contribution in [3.63, 3.8) is 0 Å². The molecular weight excluding hydrogens is 332 g/mol. The normalized spacial score (nSPS) is 27.1. The number of amides is 1. The number of carbonyl (C=O) groups is 1. The lowest BCUT2D eigenvalue weighted by atomic mass is 9.74. The molecule has 2 atom stereocenters. The van der Waals surface area contributed by atoms with Crippen LogP contribution >= 0.6 is 0 Å². The molecule has 0 bridgehead atoms. The maximum Gasteiger partial charge on any atom is 0.231 e. The van der Waals surface area contributed by atoms with Crippen LogP contribution in [0.4, 0.5) is 0 Å². The molecule has 0 radical (unpaired) electrons. The first-order valence-electron chi connectivity index (χ1n) is 9.65. The molecule has 3 heterocycles. The van der Waals surface area contributed by atoms with Gasteiger partial charge in [-0.1, -0.05) is 6.07 Å². The van der Waals surface area contributed by atoms with Crippen LogP contribution < -0.4 is 20.1 Å². The van der Waals surface area contributed by atoms with E-state index in [1.165, 1.54) is 5.56 Å². The second-order valence-corrected chi connectivity index (χ2v) is 7.76. The minimum Gasteiger partial charge on any atom is -0.454 e. The number of hydrogen-bond acceptors (Lipinski definition) is 5. The number of rotatable bonds is 4. The summed E-state index contributed by atoms with van der Waals surface area (Å²) in [5, 5.41) is 6.66. The lowest BCUT2D eigenvalue weighted by Gasteiger charge is -2.38. The predicted octanol–water partition coefficient (Wildman–Crippen LogP) is 1.97. The van der Waals surface area contributed by atoms with Gasteiger partial charge in [0.25, 0.3) is 0 Å². The highest BCUT2D eigenvalue weighted by Crippen LogP contribution is 2.40. The second-order valence-electron chi connectivity index (χ2n) is 7.76. The van der Waals surface area contributed by atoms with Gasteiger partial charge in [-0.3, -0.25) is 4.79 Å². The van der Waals surface area contributed by atoms with Gasteiger partial charge in [0.2, 0.25) is 12.7 Å². The lowest BCUT2D eigenvalue weighted by Crippen LogP contribution is -2.48. The quantitative estimate of drug-likeness (QED) is 0.859. The summed E-state index contributed by atoms with van der Waals surface area (Å²) in [6.45, 7) is 5.42. The summed E-state index contributed by atoms with van der Waals surface area (Å²) in [4.78, 5) is 12.7. The molecule has 26 heavy (non-hydrogen) atoms. The molecular formula is C20H28N2O4. The number of benzene rings is 1. The molecule has 1 aromatic rings. The summed E-state index contributed by atoms with van der Waals surface area (Å²) < 4.78 is 16.6. The molecule has 1 amide bonds. The van der Waals surface area contributed by atoms with Gasteiger partial charge in [0, 0.05) is 37.1 Å². The average molecular weight is 360 g/mol. The average Bonchev–Trinajstić information content (AvgIpc) is 3.15. The van der Waals surface area contributed by atoms with Gasteiger partial charge in [-0.15, -0.1) is 0 Å². The fourth-order valence-corrected chi connectivity index (χ4v) is 4.33. The van der Waals surface area contributed by atoms with Gasteiger partial charge in [0.1, 0.15) is 0 Å². The Kier molecular flexibility index (Phi) is 5.05. The minimum absolute atomic E-state index is 0.104. The first-order valence-corrected chi connectivity index (χ1v) is 9.65. The fourth-order valence-electron chi connectivity index (χ4n) is 4.33. The Morgan fingerprint density at radius 3 is 2.88 bits per heavy atom. The van der Waals surface area contributed by atoms with Gasteiger partial charge in [-0.25, -0.2) is 0 Å². The van der Waals surface area contributed by atoms with Crippen LogP contribution in [0.1, 0.15) is 38.2 Å². The van der Waals surface area contributed by atoms with Crippen molar-refractivity contribution in [3.8, 4) is 11.5 Å². The van der Waals surface area contributed by atoms with E-state index in [9.17, 15) is 4.79 Å². The van der Waals surface area contributed by atoms with Gasteiger partial charge in [0.05, 0.1) is 0 Å². The van der Waals surface area contributed by atoms with Crippen LogP contribution in [0.25, 0.3) is 0 Å². The van der Waals surface area contributed by atoms with Crippen molar-refractivity contribution in [2.45, 2.75) is 44.1 Å². The molecule has 1 aromatic carbocycles. The maximum atomic E-state index is 12.7. The Labute approximate surface area is 154 Å². The number of ether oxygens (including phenoxy) is 3. The number of carbonyl (C=O) groups excluding carboxylic acids is 1. The van der Waals surface area contributed by atoms with E-state index in [-0.39, 0.29) is 24.0 Å². The van der Waals surface area contributed by atoms with Gasteiger partial charge < -0.3 is 24.8 Å². The third-order valence-corrected chi connectivity index (χ3v) is 6.03. The summed E-state index contributed by atoms with van der Waals surface area (Å²) >= 11 is 0. The maximum absolute atomic E-state index is 12.7. The third kappa shape index (κ3) is 3.53. The zero-order chi connectivity index (χ0) is 18.0.